The summed E-state index contributed by atoms with van der Waals surface area (Å²) in [6, 6.07) is 6.24. The number of hydrogen-bond acceptors (Lipinski definition) is 8. The van der Waals surface area contributed by atoms with Crippen molar-refractivity contribution in [1.82, 2.24) is 30.1 Å². The van der Waals surface area contributed by atoms with Gasteiger partial charge in [0, 0.05) is 30.7 Å². The highest BCUT2D eigenvalue weighted by Crippen LogP contribution is 2.41. The topological polar surface area (TPSA) is 83.2 Å². The second kappa shape index (κ2) is 6.88. The summed E-state index contributed by atoms with van der Waals surface area (Å²) in [7, 11) is 4.30. The molecule has 156 valence electrons. The fraction of sp³-hybridized carbons (Fsp3) is 0.429. The minimum absolute atomic E-state index is 0.0996. The van der Waals surface area contributed by atoms with Gasteiger partial charge in [-0.25, -0.2) is 0 Å². The highest BCUT2D eigenvalue weighted by molar-refractivity contribution is 7.18. The van der Waals surface area contributed by atoms with Crippen LogP contribution in [-0.4, -0.2) is 66.9 Å². The molecule has 5 rings (SSSR count). The number of anilines is 1. The van der Waals surface area contributed by atoms with E-state index in [4.69, 9.17) is 0 Å². The first-order valence-corrected chi connectivity index (χ1v) is 10.9. The van der Waals surface area contributed by atoms with Crippen LogP contribution in [0.3, 0.4) is 0 Å². The fourth-order valence-corrected chi connectivity index (χ4v) is 5.35. The first kappa shape index (κ1) is 19.2. The molecule has 2 bridgehead atoms. The molecule has 9 heteroatoms. The zero-order valence-corrected chi connectivity index (χ0v) is 18.3. The number of aromatic hydroxyl groups is 1. The average molecular weight is 424 g/mol. The van der Waals surface area contributed by atoms with Crippen LogP contribution in [0.5, 0.6) is 5.75 Å². The number of fused-ring (bicyclic) bond motifs is 2. The van der Waals surface area contributed by atoms with Crippen molar-refractivity contribution in [1.29, 1.82) is 0 Å². The van der Waals surface area contributed by atoms with E-state index >= 15 is 0 Å². The van der Waals surface area contributed by atoms with Crippen molar-refractivity contribution >= 4 is 16.5 Å². The normalized spacial score (nSPS) is 25.7. The van der Waals surface area contributed by atoms with Gasteiger partial charge in [0.25, 0.3) is 0 Å². The van der Waals surface area contributed by atoms with Crippen LogP contribution in [0.2, 0.25) is 0 Å². The number of nitrogens with zero attached hydrogens (tertiary/aromatic N) is 7. The third-order valence-corrected chi connectivity index (χ3v) is 7.50. The Bertz CT molecular complexity index is 1120. The molecule has 30 heavy (non-hydrogen) atoms. The summed E-state index contributed by atoms with van der Waals surface area (Å²) < 4.78 is 0. The molecular weight excluding hydrogens is 398 g/mol. The number of aromatic nitrogens is 5. The average Bonchev–Trinajstić information content (AvgIpc) is 3.40. The summed E-state index contributed by atoms with van der Waals surface area (Å²) in [6.07, 6.45) is 8.48. The van der Waals surface area contributed by atoms with Gasteiger partial charge in [0.05, 0.1) is 23.1 Å². The van der Waals surface area contributed by atoms with E-state index in [2.05, 4.69) is 63.4 Å². The molecule has 2 aliphatic heterocycles. The number of benzene rings is 1. The Morgan fingerprint density at radius 1 is 1.30 bits per heavy atom. The molecule has 1 fully saturated rings. The maximum atomic E-state index is 10.6. The van der Waals surface area contributed by atoms with Crippen molar-refractivity contribution in [2.75, 3.05) is 19.0 Å². The van der Waals surface area contributed by atoms with E-state index in [1.165, 1.54) is 16.1 Å². The number of hydrogen-bond donors (Lipinski definition) is 1. The van der Waals surface area contributed by atoms with Gasteiger partial charge in [0.1, 0.15) is 5.75 Å². The smallest absolute Gasteiger partial charge is 0.208 e. The zero-order valence-electron chi connectivity index (χ0n) is 17.5. The Morgan fingerprint density at radius 3 is 2.83 bits per heavy atom. The predicted molar refractivity (Wildman–Crippen MR) is 117 cm³/mol. The van der Waals surface area contributed by atoms with E-state index in [9.17, 15) is 5.11 Å². The molecule has 0 amide bonds. The third-order valence-electron chi connectivity index (χ3n) is 6.46. The van der Waals surface area contributed by atoms with E-state index in [1.807, 2.05) is 19.1 Å². The molecule has 8 nitrogen and oxygen atoms in total. The minimum atomic E-state index is 0.0996. The van der Waals surface area contributed by atoms with E-state index < -0.39 is 0 Å². The lowest BCUT2D eigenvalue weighted by atomic mass is 9.87. The Labute approximate surface area is 179 Å². The van der Waals surface area contributed by atoms with Gasteiger partial charge in [-0.15, -0.1) is 10.2 Å². The Balaban J connectivity index is 1.37. The van der Waals surface area contributed by atoms with Gasteiger partial charge in [-0.2, -0.15) is 15.0 Å². The number of rotatable bonds is 4. The summed E-state index contributed by atoms with van der Waals surface area (Å²) in [4.78, 5) is 6.20. The monoisotopic (exact) mass is 423 g/mol. The van der Waals surface area contributed by atoms with E-state index in [0.29, 0.717) is 28.3 Å². The molecule has 2 aromatic heterocycles. The summed E-state index contributed by atoms with van der Waals surface area (Å²) in [6.45, 7) is 4.17. The van der Waals surface area contributed by atoms with Crippen molar-refractivity contribution in [3.8, 4) is 22.0 Å². The highest BCUT2D eigenvalue weighted by Gasteiger charge is 2.44. The lowest BCUT2D eigenvalue weighted by Crippen LogP contribution is -2.54. The summed E-state index contributed by atoms with van der Waals surface area (Å²) in [5.74, 6) is 0.141. The van der Waals surface area contributed by atoms with E-state index in [0.717, 1.165) is 23.7 Å². The molecule has 2 aliphatic rings. The number of phenols is 1. The number of piperidine rings is 1. The first-order valence-electron chi connectivity index (χ1n) is 10.1. The van der Waals surface area contributed by atoms with Crippen LogP contribution < -0.4 is 4.90 Å². The quantitative estimate of drug-likeness (QED) is 0.646. The van der Waals surface area contributed by atoms with Crippen LogP contribution in [0.25, 0.3) is 16.3 Å². The van der Waals surface area contributed by atoms with Crippen molar-refractivity contribution in [2.24, 2.45) is 0 Å². The Hall–Kier alpha value is -2.78. The van der Waals surface area contributed by atoms with E-state index in [-0.39, 0.29) is 11.3 Å². The standard InChI is InChI=1S/C21H25N7OS/c1-13-12-22-28(25-13)15-5-6-17(18(29)10-15)19-23-24-20(30-19)26(3)16-9-14-7-8-21(2,11-16)27(14)4/h5-8,10,12,14,16,29H,9,11H2,1-4H3/t14-,16-,21+/m1/s1. The second-order valence-electron chi connectivity index (χ2n) is 8.47. The van der Waals surface area contributed by atoms with Gasteiger partial charge < -0.3 is 10.0 Å². The second-order valence-corrected chi connectivity index (χ2v) is 9.42. The predicted octanol–water partition coefficient (Wildman–Crippen LogP) is 3.03. The molecule has 1 saturated heterocycles. The molecule has 0 unspecified atom stereocenters. The summed E-state index contributed by atoms with van der Waals surface area (Å²) >= 11 is 1.50. The van der Waals surface area contributed by atoms with Crippen LogP contribution in [-0.2, 0) is 0 Å². The molecule has 0 radical (unpaired) electrons. The number of likely N-dealkylation sites (N-methyl/N-ethyl adjacent to an activating group) is 1. The first-order chi connectivity index (χ1) is 14.3. The molecule has 4 heterocycles. The number of phenolic OH excluding ortho intramolecular Hbond substituents is 1. The minimum Gasteiger partial charge on any atom is -0.507 e. The van der Waals surface area contributed by atoms with Crippen LogP contribution in [0.15, 0.2) is 36.5 Å². The molecule has 3 atom stereocenters. The maximum Gasteiger partial charge on any atom is 0.208 e. The summed E-state index contributed by atoms with van der Waals surface area (Å²) in [5, 5.41) is 29.4. The van der Waals surface area contributed by atoms with Crippen LogP contribution in [0.1, 0.15) is 25.5 Å². The lowest BCUT2D eigenvalue weighted by Gasteiger charge is -2.46. The molecule has 1 aromatic carbocycles. The molecule has 0 saturated carbocycles. The molecular formula is C21H25N7OS. The van der Waals surface area contributed by atoms with Crippen molar-refractivity contribution in [2.45, 2.75) is 44.3 Å². The van der Waals surface area contributed by atoms with Gasteiger partial charge in [0.15, 0.2) is 5.01 Å². The van der Waals surface area contributed by atoms with Crippen molar-refractivity contribution in [3.63, 3.8) is 0 Å². The molecule has 3 aromatic rings. The maximum absolute atomic E-state index is 10.6. The van der Waals surface area contributed by atoms with Crippen LogP contribution in [0.4, 0.5) is 5.13 Å². The molecule has 0 aliphatic carbocycles. The van der Waals surface area contributed by atoms with Gasteiger partial charge >= 0.3 is 0 Å². The van der Waals surface area contributed by atoms with Crippen LogP contribution in [0, 0.1) is 6.92 Å². The van der Waals surface area contributed by atoms with Gasteiger partial charge in [-0.3, -0.25) is 4.90 Å². The SMILES string of the molecule is Cc1cnn(-c2ccc(-c3nnc(N(C)[C@@H]4C[C@H]5C=C[C@@](C)(C4)N5C)s3)c(O)c2)n1. The largest absolute Gasteiger partial charge is 0.507 e. The highest BCUT2D eigenvalue weighted by atomic mass is 32.1. The zero-order chi connectivity index (χ0) is 21.0. The third kappa shape index (κ3) is 3.09. The van der Waals surface area contributed by atoms with Crippen molar-refractivity contribution in [3.05, 3.63) is 42.2 Å². The molecule has 1 N–H and O–H groups in total. The Morgan fingerprint density at radius 2 is 2.13 bits per heavy atom. The Kier molecular flexibility index (Phi) is 4.41. The molecule has 0 spiro atoms. The fourth-order valence-electron chi connectivity index (χ4n) is 4.44. The van der Waals surface area contributed by atoms with Gasteiger partial charge in [-0.1, -0.05) is 23.5 Å². The number of aryl methyl sites for hydroxylation is 1. The van der Waals surface area contributed by atoms with Gasteiger partial charge in [-0.05, 0) is 45.9 Å². The van der Waals surface area contributed by atoms with Crippen LogP contribution >= 0.6 is 11.3 Å². The lowest BCUT2D eigenvalue weighted by molar-refractivity contribution is 0.103. The summed E-state index contributed by atoms with van der Waals surface area (Å²) in [5.41, 5.74) is 2.29. The van der Waals surface area contributed by atoms with Crippen molar-refractivity contribution < 1.29 is 5.11 Å². The van der Waals surface area contributed by atoms with E-state index in [1.54, 1.807) is 12.3 Å². The van der Waals surface area contributed by atoms with Gasteiger partial charge in [0.2, 0.25) is 5.13 Å².